The van der Waals surface area contributed by atoms with Gasteiger partial charge in [0, 0.05) is 34.1 Å². The summed E-state index contributed by atoms with van der Waals surface area (Å²) < 4.78 is 2.81. The second-order valence-corrected chi connectivity index (χ2v) is 6.43. The molecular formula is C17H14IN2O3+. The third-order valence-electron chi connectivity index (χ3n) is 3.62. The van der Waals surface area contributed by atoms with Gasteiger partial charge in [-0.2, -0.15) is 0 Å². The molecule has 116 valence electrons. The standard InChI is InChI=1S/C17H13IN2O3/c18-13-6-4-11(5-7-13)15-8-9-16(21)19-20(15)14-3-1-2-12(10-14)17(22)23/h1-7,10H,8-9H2,(H-,19,21,22,23)/p+1. The molecule has 0 atom stereocenters. The lowest BCUT2D eigenvalue weighted by Crippen LogP contribution is -2.40. The lowest BCUT2D eigenvalue weighted by Gasteiger charge is -2.14. The summed E-state index contributed by atoms with van der Waals surface area (Å²) in [6.07, 6.45) is 1.01. The van der Waals surface area contributed by atoms with E-state index in [4.69, 9.17) is 5.11 Å². The SMILES string of the molecule is O=C1CCC(c2ccc(I)cc2)=[N+](c2cccc(C(=O)O)c2)N1. The number of amides is 1. The van der Waals surface area contributed by atoms with Gasteiger partial charge in [-0.25, -0.2) is 4.79 Å². The maximum atomic E-state index is 11.8. The van der Waals surface area contributed by atoms with Crippen molar-refractivity contribution in [3.8, 4) is 0 Å². The fourth-order valence-corrected chi connectivity index (χ4v) is 2.87. The summed E-state index contributed by atoms with van der Waals surface area (Å²) in [6, 6.07) is 14.6. The number of hydrogen-bond donors (Lipinski definition) is 2. The third-order valence-corrected chi connectivity index (χ3v) is 4.34. The molecule has 1 amide bonds. The van der Waals surface area contributed by atoms with Crippen LogP contribution in [0.1, 0.15) is 28.8 Å². The normalized spacial score (nSPS) is 14.6. The minimum absolute atomic E-state index is 0.0833. The number of hydrazone groups is 1. The predicted octanol–water partition coefficient (Wildman–Crippen LogP) is 2.95. The second-order valence-electron chi connectivity index (χ2n) is 5.18. The minimum Gasteiger partial charge on any atom is -0.478 e. The Morgan fingerprint density at radius 3 is 2.57 bits per heavy atom. The van der Waals surface area contributed by atoms with Gasteiger partial charge in [-0.05, 0) is 52.9 Å². The Bertz CT molecular complexity index is 813. The van der Waals surface area contributed by atoms with Crippen LogP contribution in [0.15, 0.2) is 48.5 Å². The molecular weight excluding hydrogens is 407 g/mol. The topological polar surface area (TPSA) is 69.4 Å². The van der Waals surface area contributed by atoms with Gasteiger partial charge in [-0.1, -0.05) is 10.8 Å². The fraction of sp³-hybridized carbons (Fsp3) is 0.118. The molecule has 0 saturated heterocycles. The van der Waals surface area contributed by atoms with Gasteiger partial charge in [0.25, 0.3) is 5.91 Å². The molecule has 2 aromatic carbocycles. The molecule has 0 unspecified atom stereocenters. The summed E-state index contributed by atoms with van der Waals surface area (Å²) in [5, 5.41) is 9.16. The molecule has 0 spiro atoms. The van der Waals surface area contributed by atoms with Crippen LogP contribution in [0.25, 0.3) is 0 Å². The van der Waals surface area contributed by atoms with E-state index in [9.17, 15) is 9.59 Å². The highest BCUT2D eigenvalue weighted by Gasteiger charge is 2.28. The van der Waals surface area contributed by atoms with Crippen LogP contribution in [-0.4, -0.2) is 27.4 Å². The lowest BCUT2D eigenvalue weighted by molar-refractivity contribution is -0.496. The molecule has 0 saturated carbocycles. The van der Waals surface area contributed by atoms with Gasteiger partial charge in [0.15, 0.2) is 0 Å². The largest absolute Gasteiger partial charge is 0.478 e. The van der Waals surface area contributed by atoms with Crippen molar-refractivity contribution < 1.29 is 19.4 Å². The van der Waals surface area contributed by atoms with E-state index in [-0.39, 0.29) is 11.5 Å². The molecule has 0 bridgehead atoms. The summed E-state index contributed by atoms with van der Waals surface area (Å²) in [4.78, 5) is 23.0. The number of carbonyl (C=O) groups is 2. The summed E-state index contributed by atoms with van der Waals surface area (Å²) in [6.45, 7) is 0. The average molecular weight is 421 g/mol. The van der Waals surface area contributed by atoms with Gasteiger partial charge in [0.1, 0.15) is 0 Å². The Hall–Kier alpha value is -2.22. The second kappa shape index (κ2) is 6.49. The zero-order valence-corrected chi connectivity index (χ0v) is 14.3. The summed E-state index contributed by atoms with van der Waals surface area (Å²) in [7, 11) is 0. The van der Waals surface area contributed by atoms with E-state index in [1.165, 1.54) is 6.07 Å². The number of rotatable bonds is 3. The zero-order valence-electron chi connectivity index (χ0n) is 12.1. The van der Waals surface area contributed by atoms with Gasteiger partial charge in [0.05, 0.1) is 5.56 Å². The lowest BCUT2D eigenvalue weighted by atomic mass is 10.0. The Labute approximate surface area is 146 Å². The van der Waals surface area contributed by atoms with E-state index in [0.717, 1.165) is 14.8 Å². The quantitative estimate of drug-likeness (QED) is 0.592. The van der Waals surface area contributed by atoms with Crippen molar-refractivity contribution in [1.82, 2.24) is 5.43 Å². The van der Waals surface area contributed by atoms with Crippen LogP contribution < -0.4 is 5.43 Å². The first-order chi connectivity index (χ1) is 11.0. The first-order valence-corrected chi connectivity index (χ1v) is 8.17. The Morgan fingerprint density at radius 2 is 1.87 bits per heavy atom. The Balaban J connectivity index is 2.13. The number of hydrazine groups is 1. The van der Waals surface area contributed by atoms with E-state index in [0.29, 0.717) is 18.5 Å². The molecule has 6 heteroatoms. The first kappa shape index (κ1) is 15.7. The predicted molar refractivity (Wildman–Crippen MR) is 94.0 cm³/mol. The van der Waals surface area contributed by atoms with Crippen molar-refractivity contribution in [2.75, 3.05) is 0 Å². The monoisotopic (exact) mass is 421 g/mol. The summed E-state index contributed by atoms with van der Waals surface area (Å²) in [5.41, 5.74) is 5.59. The zero-order chi connectivity index (χ0) is 16.4. The maximum Gasteiger partial charge on any atom is 0.335 e. The Kier molecular flexibility index (Phi) is 4.42. The first-order valence-electron chi connectivity index (χ1n) is 7.09. The van der Waals surface area contributed by atoms with Gasteiger partial charge in [-0.15, -0.1) is 5.43 Å². The summed E-state index contributed by atoms with van der Waals surface area (Å²) in [5.74, 6) is -1.08. The van der Waals surface area contributed by atoms with Crippen LogP contribution >= 0.6 is 22.6 Å². The maximum absolute atomic E-state index is 11.8. The van der Waals surface area contributed by atoms with Crippen LogP contribution in [0.3, 0.4) is 0 Å². The van der Waals surface area contributed by atoms with Crippen molar-refractivity contribution in [2.24, 2.45) is 0 Å². The highest BCUT2D eigenvalue weighted by Crippen LogP contribution is 2.20. The molecule has 2 aromatic rings. The molecule has 3 rings (SSSR count). The number of carboxylic acids is 1. The summed E-state index contributed by atoms with van der Waals surface area (Å²) >= 11 is 2.24. The van der Waals surface area contributed by atoms with Gasteiger partial charge in [-0.3, -0.25) is 4.79 Å². The van der Waals surface area contributed by atoms with Gasteiger partial charge < -0.3 is 5.11 Å². The number of aromatic carboxylic acids is 1. The molecule has 0 fully saturated rings. The number of carboxylic acid groups (broad SMARTS) is 1. The van der Waals surface area contributed by atoms with Crippen LogP contribution in [0.2, 0.25) is 0 Å². The number of halogens is 1. The van der Waals surface area contributed by atoms with E-state index in [2.05, 4.69) is 28.0 Å². The molecule has 1 aliphatic heterocycles. The number of carbonyl (C=O) groups excluding carboxylic acids is 1. The van der Waals surface area contributed by atoms with Crippen molar-refractivity contribution in [1.29, 1.82) is 0 Å². The molecule has 23 heavy (non-hydrogen) atoms. The van der Waals surface area contributed by atoms with Gasteiger partial charge >= 0.3 is 5.97 Å². The fourth-order valence-electron chi connectivity index (χ4n) is 2.51. The van der Waals surface area contributed by atoms with E-state index in [1.54, 1.807) is 22.9 Å². The van der Waals surface area contributed by atoms with Crippen LogP contribution in [-0.2, 0) is 4.79 Å². The minimum atomic E-state index is -0.994. The highest BCUT2D eigenvalue weighted by atomic mass is 127. The third kappa shape index (κ3) is 3.42. The van der Waals surface area contributed by atoms with E-state index < -0.39 is 5.97 Å². The molecule has 5 nitrogen and oxygen atoms in total. The molecule has 0 radical (unpaired) electrons. The molecule has 1 heterocycles. The molecule has 0 aromatic heterocycles. The Morgan fingerprint density at radius 1 is 1.13 bits per heavy atom. The van der Waals surface area contributed by atoms with Crippen LogP contribution in [0.5, 0.6) is 0 Å². The van der Waals surface area contributed by atoms with Crippen LogP contribution in [0, 0.1) is 3.57 Å². The number of nitrogens with zero attached hydrogens (tertiary/aromatic N) is 1. The molecule has 2 N–H and O–H groups in total. The smallest absolute Gasteiger partial charge is 0.335 e. The molecule has 0 aliphatic carbocycles. The molecule has 1 aliphatic rings. The average Bonchev–Trinajstić information content (AvgIpc) is 2.56. The number of benzene rings is 2. The van der Waals surface area contributed by atoms with Crippen LogP contribution in [0.4, 0.5) is 5.69 Å². The van der Waals surface area contributed by atoms with E-state index in [1.807, 2.05) is 24.3 Å². The van der Waals surface area contributed by atoms with Crippen molar-refractivity contribution >= 4 is 45.9 Å². The number of hydrogen-bond acceptors (Lipinski definition) is 2. The van der Waals surface area contributed by atoms with Crippen molar-refractivity contribution in [3.05, 3.63) is 63.2 Å². The number of nitrogens with one attached hydrogen (secondary N) is 1. The van der Waals surface area contributed by atoms with Crippen molar-refractivity contribution in [3.63, 3.8) is 0 Å². The van der Waals surface area contributed by atoms with Crippen molar-refractivity contribution in [2.45, 2.75) is 12.8 Å². The van der Waals surface area contributed by atoms with E-state index >= 15 is 0 Å². The van der Waals surface area contributed by atoms with Gasteiger partial charge in [0.2, 0.25) is 11.4 Å². The highest BCUT2D eigenvalue weighted by molar-refractivity contribution is 14.1.